The molecule has 184 valence electrons. The lowest BCUT2D eigenvalue weighted by atomic mass is 9.99. The Morgan fingerprint density at radius 3 is 1.86 bits per heavy atom. The Morgan fingerprint density at radius 1 is 0.750 bits per heavy atom. The molecule has 4 aromatic carbocycles. The van der Waals surface area contributed by atoms with Gasteiger partial charge in [0, 0.05) is 11.4 Å². The first-order chi connectivity index (χ1) is 17.5. The van der Waals surface area contributed by atoms with Gasteiger partial charge in [-0.2, -0.15) is 0 Å². The van der Waals surface area contributed by atoms with Crippen molar-refractivity contribution in [1.82, 2.24) is 0 Å². The minimum Gasteiger partial charge on any atom is -0.497 e. The molecule has 36 heavy (non-hydrogen) atoms. The molecule has 0 atom stereocenters. The maximum Gasteiger partial charge on any atom is 0.323 e. The second-order valence-electron chi connectivity index (χ2n) is 9.05. The molecule has 0 radical (unpaired) electrons. The molecule has 0 aromatic heterocycles. The van der Waals surface area contributed by atoms with Crippen LogP contribution in [0, 0.1) is 5.92 Å². The summed E-state index contributed by atoms with van der Waals surface area (Å²) in [6.45, 7) is 4.35. The van der Waals surface area contributed by atoms with E-state index in [1.807, 2.05) is 54.6 Å². The lowest BCUT2D eigenvalue weighted by Gasteiger charge is -2.23. The molecule has 0 saturated carbocycles. The van der Waals surface area contributed by atoms with E-state index in [-0.39, 0.29) is 12.1 Å². The number of anilines is 2. The summed E-state index contributed by atoms with van der Waals surface area (Å²) in [5.41, 5.74) is 4.61. The summed E-state index contributed by atoms with van der Waals surface area (Å²) >= 11 is 0. The molecule has 0 aliphatic rings. The summed E-state index contributed by atoms with van der Waals surface area (Å²) in [5, 5.41) is 5.79. The first-order valence-corrected chi connectivity index (χ1v) is 12.1. The molecule has 0 fully saturated rings. The molecule has 5 nitrogen and oxygen atoms in total. The zero-order valence-corrected chi connectivity index (χ0v) is 20.9. The zero-order valence-electron chi connectivity index (χ0n) is 20.9. The third-order valence-corrected chi connectivity index (χ3v) is 5.74. The van der Waals surface area contributed by atoms with E-state index >= 15 is 0 Å². The number of nitrogens with one attached hydrogen (secondary N) is 2. The number of ether oxygens (including phenoxy) is 2. The van der Waals surface area contributed by atoms with Crippen LogP contribution in [0.1, 0.15) is 36.6 Å². The lowest BCUT2D eigenvalue weighted by Crippen LogP contribution is -2.19. The largest absolute Gasteiger partial charge is 0.497 e. The minimum atomic E-state index is -0.309. The van der Waals surface area contributed by atoms with Crippen LogP contribution in [-0.4, -0.2) is 13.1 Å². The lowest BCUT2D eigenvalue weighted by molar-refractivity contribution is 0.244. The maximum absolute atomic E-state index is 12.6. The highest BCUT2D eigenvalue weighted by Gasteiger charge is 2.18. The fraction of sp³-hybridized carbons (Fsp3) is 0.194. The van der Waals surface area contributed by atoms with Crippen LogP contribution < -0.4 is 20.1 Å². The van der Waals surface area contributed by atoms with Crippen molar-refractivity contribution < 1.29 is 14.3 Å². The highest BCUT2D eigenvalue weighted by atomic mass is 16.5. The number of amides is 2. The van der Waals surface area contributed by atoms with Crippen molar-refractivity contribution in [3.63, 3.8) is 0 Å². The summed E-state index contributed by atoms with van der Waals surface area (Å²) in [4.78, 5) is 12.6. The van der Waals surface area contributed by atoms with E-state index in [0.717, 1.165) is 34.6 Å². The van der Waals surface area contributed by atoms with E-state index in [4.69, 9.17) is 9.47 Å². The topological polar surface area (TPSA) is 59.6 Å². The number of rotatable bonds is 9. The molecule has 2 N–H and O–H groups in total. The molecule has 0 spiro atoms. The van der Waals surface area contributed by atoms with Crippen LogP contribution >= 0.6 is 0 Å². The summed E-state index contributed by atoms with van der Waals surface area (Å²) < 4.78 is 11.8. The molecule has 0 aliphatic carbocycles. The molecule has 0 aliphatic heterocycles. The summed E-state index contributed by atoms with van der Waals surface area (Å²) in [7, 11) is 1.61. The van der Waals surface area contributed by atoms with E-state index in [1.165, 1.54) is 0 Å². The van der Waals surface area contributed by atoms with Gasteiger partial charge < -0.3 is 20.1 Å². The predicted octanol–water partition coefficient (Wildman–Crippen LogP) is 7.71. The van der Waals surface area contributed by atoms with Crippen LogP contribution in [0.15, 0.2) is 103 Å². The highest BCUT2D eigenvalue weighted by molar-refractivity contribution is 5.99. The van der Waals surface area contributed by atoms with Crippen molar-refractivity contribution in [2.75, 3.05) is 17.7 Å². The maximum atomic E-state index is 12.6. The fourth-order valence-electron chi connectivity index (χ4n) is 4.05. The van der Waals surface area contributed by atoms with Crippen LogP contribution in [0.2, 0.25) is 0 Å². The van der Waals surface area contributed by atoms with Crippen molar-refractivity contribution >= 4 is 17.4 Å². The molecular formula is C31H32N2O3. The average Bonchev–Trinajstić information content (AvgIpc) is 2.89. The highest BCUT2D eigenvalue weighted by Crippen LogP contribution is 2.33. The van der Waals surface area contributed by atoms with E-state index in [2.05, 4.69) is 48.7 Å². The standard InChI is InChI=1S/C31H32N2O3/c1-22(2)20-25-21-27(33-31(34)32-26-14-17-28(35-3)18-15-26)16-19-29(25)36-30(23-10-6-4-7-11-23)24-12-8-5-9-13-24/h4-19,21-22,30H,20H2,1-3H3,(H2,32,33,34). The third kappa shape index (κ3) is 6.66. The Balaban J connectivity index is 1.56. The van der Waals surface area contributed by atoms with Crippen LogP contribution in [0.4, 0.5) is 16.2 Å². The van der Waals surface area contributed by atoms with Crippen molar-refractivity contribution in [1.29, 1.82) is 0 Å². The number of methoxy groups -OCH3 is 1. The normalized spacial score (nSPS) is 10.8. The van der Waals surface area contributed by atoms with Gasteiger partial charge in [-0.25, -0.2) is 4.79 Å². The van der Waals surface area contributed by atoms with Crippen LogP contribution in [0.25, 0.3) is 0 Å². The SMILES string of the molecule is COc1ccc(NC(=O)Nc2ccc(OC(c3ccccc3)c3ccccc3)c(CC(C)C)c2)cc1. The molecule has 0 unspecified atom stereocenters. The van der Waals surface area contributed by atoms with Crippen LogP contribution in [0.5, 0.6) is 11.5 Å². The smallest absolute Gasteiger partial charge is 0.323 e. The summed E-state index contributed by atoms with van der Waals surface area (Å²) in [6.07, 6.45) is 0.580. The average molecular weight is 481 g/mol. The Hall–Kier alpha value is -4.25. The van der Waals surface area contributed by atoms with Gasteiger partial charge in [0.25, 0.3) is 0 Å². The van der Waals surface area contributed by atoms with Crippen molar-refractivity contribution in [2.45, 2.75) is 26.4 Å². The minimum absolute atomic E-state index is 0.240. The molecule has 5 heteroatoms. The summed E-state index contributed by atoms with van der Waals surface area (Å²) in [6, 6.07) is 33.2. The molecular weight excluding hydrogens is 448 g/mol. The van der Waals surface area contributed by atoms with Gasteiger partial charge in [0.2, 0.25) is 0 Å². The number of hydrogen-bond acceptors (Lipinski definition) is 3. The van der Waals surface area contributed by atoms with Gasteiger partial charge in [0.05, 0.1) is 7.11 Å². The fourth-order valence-corrected chi connectivity index (χ4v) is 4.05. The van der Waals surface area contributed by atoms with Gasteiger partial charge in [-0.3, -0.25) is 0 Å². The summed E-state index contributed by atoms with van der Waals surface area (Å²) in [5.74, 6) is 1.96. The number of hydrogen-bond donors (Lipinski definition) is 2. The van der Waals surface area contributed by atoms with Gasteiger partial charge >= 0.3 is 6.03 Å². The van der Waals surface area contributed by atoms with Gasteiger partial charge in [-0.05, 0) is 71.5 Å². The van der Waals surface area contributed by atoms with Crippen LogP contribution in [0.3, 0.4) is 0 Å². The zero-order chi connectivity index (χ0) is 25.3. The van der Waals surface area contributed by atoms with Gasteiger partial charge in [-0.15, -0.1) is 0 Å². The number of urea groups is 1. The second kappa shape index (κ2) is 11.9. The molecule has 0 bridgehead atoms. The Bertz CT molecular complexity index is 1220. The first-order valence-electron chi connectivity index (χ1n) is 12.1. The molecule has 2 amide bonds. The van der Waals surface area contributed by atoms with E-state index < -0.39 is 0 Å². The second-order valence-corrected chi connectivity index (χ2v) is 9.05. The van der Waals surface area contributed by atoms with Crippen molar-refractivity contribution in [3.05, 3.63) is 120 Å². The molecule has 0 heterocycles. The Kier molecular flexibility index (Phi) is 8.24. The Morgan fingerprint density at radius 2 is 1.31 bits per heavy atom. The van der Waals surface area contributed by atoms with E-state index in [0.29, 0.717) is 17.3 Å². The van der Waals surface area contributed by atoms with Crippen molar-refractivity contribution in [2.24, 2.45) is 5.92 Å². The van der Waals surface area contributed by atoms with E-state index in [1.54, 1.807) is 31.4 Å². The number of benzene rings is 4. The van der Waals surface area contributed by atoms with Gasteiger partial charge in [0.15, 0.2) is 0 Å². The Labute approximate surface area is 213 Å². The number of carbonyl (C=O) groups excluding carboxylic acids is 1. The quantitative estimate of drug-likeness (QED) is 0.258. The molecule has 4 aromatic rings. The third-order valence-electron chi connectivity index (χ3n) is 5.74. The van der Waals surface area contributed by atoms with Crippen LogP contribution in [-0.2, 0) is 6.42 Å². The monoisotopic (exact) mass is 480 g/mol. The number of carbonyl (C=O) groups is 1. The van der Waals surface area contributed by atoms with E-state index in [9.17, 15) is 4.79 Å². The van der Waals surface area contributed by atoms with Gasteiger partial charge in [-0.1, -0.05) is 74.5 Å². The first kappa shape index (κ1) is 24.9. The van der Waals surface area contributed by atoms with Crippen molar-refractivity contribution in [3.8, 4) is 11.5 Å². The van der Waals surface area contributed by atoms with Gasteiger partial charge in [0.1, 0.15) is 17.6 Å². The molecule has 4 rings (SSSR count). The predicted molar refractivity (Wildman–Crippen MR) is 146 cm³/mol. The molecule has 0 saturated heterocycles.